The monoisotopic (exact) mass is 261 g/mol. The third kappa shape index (κ3) is 3.82. The SMILES string of the molecule is CCC1CCCCCN1Cc1ccccc1B(O)O. The molecule has 0 bridgehead atoms. The summed E-state index contributed by atoms with van der Waals surface area (Å²) in [6.07, 6.45) is 6.32. The van der Waals surface area contributed by atoms with Crippen molar-refractivity contribution >= 4 is 12.6 Å². The maximum atomic E-state index is 9.45. The zero-order valence-corrected chi connectivity index (χ0v) is 11.8. The average molecular weight is 261 g/mol. The summed E-state index contributed by atoms with van der Waals surface area (Å²) in [7, 11) is -1.37. The molecular formula is C15H24BNO2. The molecule has 1 heterocycles. The zero-order valence-electron chi connectivity index (χ0n) is 11.8. The van der Waals surface area contributed by atoms with Gasteiger partial charge in [-0.05, 0) is 36.8 Å². The van der Waals surface area contributed by atoms with Gasteiger partial charge < -0.3 is 10.0 Å². The van der Waals surface area contributed by atoms with Crippen LogP contribution in [0.3, 0.4) is 0 Å². The van der Waals surface area contributed by atoms with Gasteiger partial charge >= 0.3 is 7.12 Å². The van der Waals surface area contributed by atoms with Gasteiger partial charge in [-0.3, -0.25) is 4.90 Å². The molecule has 0 amide bonds. The minimum absolute atomic E-state index is 0.631. The van der Waals surface area contributed by atoms with Crippen molar-refractivity contribution in [2.24, 2.45) is 0 Å². The number of hydrogen-bond acceptors (Lipinski definition) is 3. The van der Waals surface area contributed by atoms with Crippen LogP contribution < -0.4 is 5.46 Å². The molecule has 19 heavy (non-hydrogen) atoms. The van der Waals surface area contributed by atoms with E-state index in [0.29, 0.717) is 11.5 Å². The van der Waals surface area contributed by atoms with Crippen molar-refractivity contribution in [1.29, 1.82) is 0 Å². The van der Waals surface area contributed by atoms with Crippen LogP contribution in [0.25, 0.3) is 0 Å². The van der Waals surface area contributed by atoms with Gasteiger partial charge in [0.25, 0.3) is 0 Å². The van der Waals surface area contributed by atoms with Crippen LogP contribution in [0.2, 0.25) is 0 Å². The Bertz CT molecular complexity index is 397. The molecule has 1 unspecified atom stereocenters. The highest BCUT2D eigenvalue weighted by Gasteiger charge is 2.22. The lowest BCUT2D eigenvalue weighted by Crippen LogP contribution is -2.39. The van der Waals surface area contributed by atoms with Gasteiger partial charge in [-0.15, -0.1) is 0 Å². The van der Waals surface area contributed by atoms with Gasteiger partial charge in [-0.25, -0.2) is 0 Å². The fourth-order valence-corrected chi connectivity index (χ4v) is 3.06. The number of nitrogens with zero attached hydrogens (tertiary/aromatic N) is 1. The average Bonchev–Trinajstić information content (AvgIpc) is 2.64. The van der Waals surface area contributed by atoms with Crippen molar-refractivity contribution in [3.05, 3.63) is 29.8 Å². The first-order valence-corrected chi connectivity index (χ1v) is 7.40. The molecule has 3 nitrogen and oxygen atoms in total. The highest BCUT2D eigenvalue weighted by molar-refractivity contribution is 6.59. The van der Waals surface area contributed by atoms with E-state index in [9.17, 15) is 10.0 Å². The second kappa shape index (κ2) is 7.08. The first-order valence-electron chi connectivity index (χ1n) is 7.40. The maximum absolute atomic E-state index is 9.45. The third-order valence-corrected chi connectivity index (χ3v) is 4.18. The van der Waals surface area contributed by atoms with E-state index in [1.54, 1.807) is 6.07 Å². The molecule has 4 heteroatoms. The van der Waals surface area contributed by atoms with Gasteiger partial charge in [-0.1, -0.05) is 44.0 Å². The highest BCUT2D eigenvalue weighted by Crippen LogP contribution is 2.20. The summed E-state index contributed by atoms with van der Waals surface area (Å²) >= 11 is 0. The zero-order chi connectivity index (χ0) is 13.7. The number of benzene rings is 1. The molecule has 2 N–H and O–H groups in total. The summed E-state index contributed by atoms with van der Waals surface area (Å²) in [6.45, 7) is 4.19. The standard InChI is InChI=1S/C15H24BNO2/c1-2-14-9-4-3-7-11-17(14)12-13-8-5-6-10-15(13)16(18)19/h5-6,8,10,14,18-19H,2-4,7,9,11-12H2,1H3. The smallest absolute Gasteiger partial charge is 0.423 e. The van der Waals surface area contributed by atoms with Crippen molar-refractivity contribution in [2.45, 2.75) is 51.6 Å². The topological polar surface area (TPSA) is 43.7 Å². The van der Waals surface area contributed by atoms with E-state index < -0.39 is 7.12 Å². The second-order valence-electron chi connectivity index (χ2n) is 5.45. The molecule has 2 rings (SSSR count). The molecule has 1 saturated heterocycles. The fraction of sp³-hybridized carbons (Fsp3) is 0.600. The first-order chi connectivity index (χ1) is 9.22. The van der Waals surface area contributed by atoms with E-state index in [0.717, 1.165) is 18.7 Å². The van der Waals surface area contributed by atoms with Crippen LogP contribution >= 0.6 is 0 Å². The molecule has 0 aromatic heterocycles. The molecule has 1 aliphatic heterocycles. The van der Waals surface area contributed by atoms with Gasteiger partial charge in [0.1, 0.15) is 0 Å². The van der Waals surface area contributed by atoms with Crippen molar-refractivity contribution in [3.63, 3.8) is 0 Å². The van der Waals surface area contributed by atoms with Gasteiger partial charge in [0, 0.05) is 12.6 Å². The summed E-state index contributed by atoms with van der Waals surface area (Å²) in [5.74, 6) is 0. The molecule has 0 aliphatic carbocycles. The summed E-state index contributed by atoms with van der Waals surface area (Å²) in [6, 6.07) is 8.27. The Morgan fingerprint density at radius 1 is 1.21 bits per heavy atom. The molecule has 0 saturated carbocycles. The van der Waals surface area contributed by atoms with Crippen LogP contribution in [0.1, 0.15) is 44.6 Å². The molecule has 104 valence electrons. The summed E-state index contributed by atoms with van der Waals surface area (Å²) in [4.78, 5) is 2.51. The van der Waals surface area contributed by atoms with Crippen molar-refractivity contribution in [2.75, 3.05) is 6.54 Å². The van der Waals surface area contributed by atoms with Crippen LogP contribution in [-0.2, 0) is 6.54 Å². The molecule has 1 atom stereocenters. The molecule has 1 aromatic carbocycles. The Hall–Kier alpha value is -0.835. The van der Waals surface area contributed by atoms with Crippen LogP contribution in [0, 0.1) is 0 Å². The molecule has 1 aromatic rings. The minimum atomic E-state index is -1.37. The van der Waals surface area contributed by atoms with Gasteiger partial charge in [0.15, 0.2) is 0 Å². The van der Waals surface area contributed by atoms with Crippen LogP contribution in [-0.4, -0.2) is 34.7 Å². The van der Waals surface area contributed by atoms with E-state index >= 15 is 0 Å². The van der Waals surface area contributed by atoms with Crippen LogP contribution in [0.5, 0.6) is 0 Å². The lowest BCUT2D eigenvalue weighted by atomic mass is 9.77. The van der Waals surface area contributed by atoms with E-state index in [4.69, 9.17) is 0 Å². The normalized spacial score (nSPS) is 21.1. The summed E-state index contributed by atoms with van der Waals surface area (Å²) in [5.41, 5.74) is 1.68. The second-order valence-corrected chi connectivity index (χ2v) is 5.45. The van der Waals surface area contributed by atoms with Crippen LogP contribution in [0.4, 0.5) is 0 Å². The van der Waals surface area contributed by atoms with Gasteiger partial charge in [0.05, 0.1) is 0 Å². The lowest BCUT2D eigenvalue weighted by molar-refractivity contribution is 0.186. The summed E-state index contributed by atoms with van der Waals surface area (Å²) < 4.78 is 0. The molecule has 0 radical (unpaired) electrons. The Kier molecular flexibility index (Phi) is 5.43. The third-order valence-electron chi connectivity index (χ3n) is 4.18. The van der Waals surface area contributed by atoms with E-state index in [2.05, 4.69) is 11.8 Å². The molecule has 1 fully saturated rings. The van der Waals surface area contributed by atoms with Gasteiger partial charge in [-0.2, -0.15) is 0 Å². The number of likely N-dealkylation sites (tertiary alicyclic amines) is 1. The largest absolute Gasteiger partial charge is 0.488 e. The lowest BCUT2D eigenvalue weighted by Gasteiger charge is -2.29. The summed E-state index contributed by atoms with van der Waals surface area (Å²) in [5, 5.41) is 18.9. The van der Waals surface area contributed by atoms with E-state index in [-0.39, 0.29) is 0 Å². The molecule has 1 aliphatic rings. The minimum Gasteiger partial charge on any atom is -0.423 e. The highest BCUT2D eigenvalue weighted by atomic mass is 16.4. The first kappa shape index (κ1) is 14.6. The Balaban J connectivity index is 2.14. The predicted molar refractivity (Wildman–Crippen MR) is 79.2 cm³/mol. The van der Waals surface area contributed by atoms with E-state index in [1.165, 1.54) is 32.1 Å². The number of rotatable bonds is 4. The molecule has 0 spiro atoms. The van der Waals surface area contributed by atoms with E-state index in [1.807, 2.05) is 18.2 Å². The Labute approximate surface area is 116 Å². The predicted octanol–water partition coefficient (Wildman–Crippen LogP) is 1.52. The Morgan fingerprint density at radius 3 is 2.74 bits per heavy atom. The fourth-order valence-electron chi connectivity index (χ4n) is 3.06. The van der Waals surface area contributed by atoms with Gasteiger partial charge in [0.2, 0.25) is 0 Å². The van der Waals surface area contributed by atoms with Crippen molar-refractivity contribution in [3.8, 4) is 0 Å². The Morgan fingerprint density at radius 2 is 2.00 bits per heavy atom. The number of hydrogen-bond donors (Lipinski definition) is 2. The van der Waals surface area contributed by atoms with Crippen molar-refractivity contribution < 1.29 is 10.0 Å². The quantitative estimate of drug-likeness (QED) is 0.808. The van der Waals surface area contributed by atoms with Crippen molar-refractivity contribution in [1.82, 2.24) is 4.90 Å². The molecular weight excluding hydrogens is 237 g/mol. The maximum Gasteiger partial charge on any atom is 0.488 e. The van der Waals surface area contributed by atoms with Crippen LogP contribution in [0.15, 0.2) is 24.3 Å².